The molecule has 0 radical (unpaired) electrons. The van der Waals surface area contributed by atoms with Gasteiger partial charge in [-0.15, -0.1) is 0 Å². The summed E-state index contributed by atoms with van der Waals surface area (Å²) in [6, 6.07) is 8.44. The molecule has 0 bridgehead atoms. The fraction of sp³-hybridized carbons (Fsp3) is 0.200. The van der Waals surface area contributed by atoms with Crippen molar-refractivity contribution >= 4 is 39.1 Å². The Hall–Kier alpha value is -0.940. The van der Waals surface area contributed by atoms with Crippen LogP contribution in [0.3, 0.4) is 0 Å². The maximum Gasteiger partial charge on any atom is 0.162 e. The van der Waals surface area contributed by atoms with Crippen molar-refractivity contribution in [2.75, 3.05) is 14.2 Å². The zero-order valence-electron chi connectivity index (χ0n) is 11.4. The number of hydrogen-bond donors (Lipinski definition) is 1. The molecule has 2 rings (SSSR count). The Morgan fingerprint density at radius 3 is 2.19 bits per heavy atom. The van der Waals surface area contributed by atoms with Crippen LogP contribution in [0.2, 0.25) is 10.0 Å². The van der Waals surface area contributed by atoms with Gasteiger partial charge in [-0.05, 0) is 23.8 Å². The van der Waals surface area contributed by atoms with Crippen LogP contribution in [0, 0.1) is 0 Å². The molecule has 21 heavy (non-hydrogen) atoms. The molecule has 0 aliphatic carbocycles. The lowest BCUT2D eigenvalue weighted by molar-refractivity contribution is 0.219. The van der Waals surface area contributed by atoms with Gasteiger partial charge in [-0.25, -0.2) is 0 Å². The Morgan fingerprint density at radius 1 is 1.00 bits per heavy atom. The average molecular weight is 392 g/mol. The number of hydrogen-bond acceptors (Lipinski definition) is 3. The third kappa shape index (κ3) is 3.46. The number of methoxy groups -OCH3 is 2. The molecule has 112 valence electrons. The van der Waals surface area contributed by atoms with Crippen LogP contribution in [0.5, 0.6) is 11.5 Å². The van der Waals surface area contributed by atoms with Gasteiger partial charge in [-0.2, -0.15) is 0 Å². The fourth-order valence-electron chi connectivity index (χ4n) is 1.97. The molecule has 1 atom stereocenters. The number of aliphatic hydroxyl groups excluding tert-OH is 1. The van der Waals surface area contributed by atoms with Gasteiger partial charge in [0.25, 0.3) is 0 Å². The molecule has 0 saturated heterocycles. The molecule has 1 N–H and O–H groups in total. The minimum absolute atomic E-state index is 0.391. The summed E-state index contributed by atoms with van der Waals surface area (Å²) >= 11 is 15.5. The van der Waals surface area contributed by atoms with Gasteiger partial charge in [-0.3, -0.25) is 0 Å². The summed E-state index contributed by atoms with van der Waals surface area (Å²) in [4.78, 5) is 0. The third-order valence-corrected chi connectivity index (χ3v) is 4.30. The highest BCUT2D eigenvalue weighted by molar-refractivity contribution is 9.10. The maximum absolute atomic E-state index is 10.6. The molecule has 0 amide bonds. The molecule has 0 saturated carbocycles. The highest BCUT2D eigenvalue weighted by atomic mass is 79.9. The van der Waals surface area contributed by atoms with Gasteiger partial charge in [0.05, 0.1) is 19.2 Å². The van der Waals surface area contributed by atoms with E-state index in [2.05, 4.69) is 15.9 Å². The molecule has 0 aliphatic heterocycles. The van der Waals surface area contributed by atoms with Crippen LogP contribution in [0.25, 0.3) is 0 Å². The highest BCUT2D eigenvalue weighted by Gasteiger charge is 2.20. The van der Waals surface area contributed by atoms with E-state index in [9.17, 15) is 5.11 Å². The molecule has 2 aromatic carbocycles. The lowest BCUT2D eigenvalue weighted by Crippen LogP contribution is -2.03. The van der Waals surface area contributed by atoms with Gasteiger partial charge in [0.1, 0.15) is 6.10 Å². The lowest BCUT2D eigenvalue weighted by Gasteiger charge is -2.17. The van der Waals surface area contributed by atoms with Crippen LogP contribution in [-0.2, 0) is 0 Å². The zero-order chi connectivity index (χ0) is 15.6. The van der Waals surface area contributed by atoms with Crippen molar-refractivity contribution in [3.8, 4) is 11.5 Å². The van der Waals surface area contributed by atoms with Crippen molar-refractivity contribution in [3.63, 3.8) is 0 Å². The van der Waals surface area contributed by atoms with E-state index in [1.54, 1.807) is 30.3 Å². The molecule has 0 aromatic heterocycles. The van der Waals surface area contributed by atoms with Crippen molar-refractivity contribution in [2.24, 2.45) is 0 Å². The van der Waals surface area contributed by atoms with E-state index in [1.807, 2.05) is 0 Å². The molecular formula is C15H13BrCl2O3. The molecule has 3 nitrogen and oxygen atoms in total. The second-order valence-corrected chi connectivity index (χ2v) is 6.00. The molecular weight excluding hydrogens is 379 g/mol. The average Bonchev–Trinajstić information content (AvgIpc) is 2.46. The number of halogens is 3. The normalized spacial score (nSPS) is 12.1. The number of ether oxygens (including phenoxy) is 2. The Kier molecular flexibility index (Phi) is 5.38. The Bertz CT molecular complexity index is 662. The summed E-state index contributed by atoms with van der Waals surface area (Å²) in [6.07, 6.45) is -0.913. The van der Waals surface area contributed by atoms with E-state index in [0.717, 1.165) is 0 Å². The smallest absolute Gasteiger partial charge is 0.162 e. The minimum atomic E-state index is -0.913. The van der Waals surface area contributed by atoms with Gasteiger partial charge < -0.3 is 14.6 Å². The van der Waals surface area contributed by atoms with Crippen molar-refractivity contribution in [1.29, 1.82) is 0 Å². The highest BCUT2D eigenvalue weighted by Crippen LogP contribution is 2.39. The van der Waals surface area contributed by atoms with Gasteiger partial charge in [0.15, 0.2) is 11.5 Å². The van der Waals surface area contributed by atoms with Crippen LogP contribution in [0.15, 0.2) is 34.8 Å². The SMILES string of the molecule is COc1cc(Cl)c(C(O)c2ccc(Cl)cc2Br)cc1OC. The molecule has 0 aliphatic rings. The lowest BCUT2D eigenvalue weighted by atomic mass is 10.0. The van der Waals surface area contributed by atoms with Gasteiger partial charge in [0.2, 0.25) is 0 Å². The third-order valence-electron chi connectivity index (χ3n) is 3.05. The summed E-state index contributed by atoms with van der Waals surface area (Å²) < 4.78 is 11.1. The second-order valence-electron chi connectivity index (χ2n) is 4.30. The van der Waals surface area contributed by atoms with Crippen LogP contribution < -0.4 is 9.47 Å². The predicted molar refractivity (Wildman–Crippen MR) is 87.8 cm³/mol. The number of rotatable bonds is 4. The van der Waals surface area contributed by atoms with Crippen molar-refractivity contribution < 1.29 is 14.6 Å². The monoisotopic (exact) mass is 390 g/mol. The summed E-state index contributed by atoms with van der Waals surface area (Å²) in [5.74, 6) is 1.01. The predicted octanol–water partition coefficient (Wildman–Crippen LogP) is 4.85. The zero-order valence-corrected chi connectivity index (χ0v) is 14.5. The first-order chi connectivity index (χ1) is 9.97. The maximum atomic E-state index is 10.6. The molecule has 6 heteroatoms. The van der Waals surface area contributed by atoms with Crippen LogP contribution >= 0.6 is 39.1 Å². The van der Waals surface area contributed by atoms with Gasteiger partial charge >= 0.3 is 0 Å². The van der Waals surface area contributed by atoms with E-state index in [1.165, 1.54) is 14.2 Å². The summed E-state index contributed by atoms with van der Waals surface area (Å²) in [5, 5.41) is 11.5. The summed E-state index contributed by atoms with van der Waals surface area (Å²) in [5.41, 5.74) is 1.19. The van der Waals surface area contributed by atoms with E-state index in [4.69, 9.17) is 32.7 Å². The Labute approximate surface area is 141 Å². The fourth-order valence-corrected chi connectivity index (χ4v) is 3.13. The standard InChI is InChI=1S/C15H13BrCl2O3/c1-20-13-6-10(12(18)7-14(13)21-2)15(19)9-4-3-8(17)5-11(9)16/h3-7,15,19H,1-2H3. The molecule has 0 heterocycles. The van der Waals surface area contributed by atoms with Gasteiger partial charge in [-0.1, -0.05) is 45.2 Å². The second kappa shape index (κ2) is 6.88. The molecule has 0 fully saturated rings. The van der Waals surface area contributed by atoms with Crippen molar-refractivity contribution in [2.45, 2.75) is 6.10 Å². The van der Waals surface area contributed by atoms with Crippen molar-refractivity contribution in [3.05, 3.63) is 56.0 Å². The molecule has 0 spiro atoms. The largest absolute Gasteiger partial charge is 0.493 e. The van der Waals surface area contributed by atoms with E-state index in [-0.39, 0.29) is 0 Å². The van der Waals surface area contributed by atoms with E-state index >= 15 is 0 Å². The first-order valence-corrected chi connectivity index (χ1v) is 7.57. The minimum Gasteiger partial charge on any atom is -0.493 e. The van der Waals surface area contributed by atoms with Crippen LogP contribution in [0.4, 0.5) is 0 Å². The number of benzene rings is 2. The first kappa shape index (κ1) is 16.4. The van der Waals surface area contributed by atoms with E-state index < -0.39 is 6.10 Å². The van der Waals surface area contributed by atoms with Crippen molar-refractivity contribution in [1.82, 2.24) is 0 Å². The van der Waals surface area contributed by atoms with E-state index in [0.29, 0.717) is 37.1 Å². The quantitative estimate of drug-likeness (QED) is 0.809. The van der Waals surface area contributed by atoms with Crippen LogP contribution in [-0.4, -0.2) is 19.3 Å². The first-order valence-electron chi connectivity index (χ1n) is 6.02. The molecule has 1 unspecified atom stereocenters. The number of aliphatic hydroxyl groups is 1. The molecule has 2 aromatic rings. The topological polar surface area (TPSA) is 38.7 Å². The summed E-state index contributed by atoms with van der Waals surface area (Å²) in [7, 11) is 3.06. The summed E-state index contributed by atoms with van der Waals surface area (Å²) in [6.45, 7) is 0. The Morgan fingerprint density at radius 2 is 1.62 bits per heavy atom. The Balaban J connectivity index is 2.50. The van der Waals surface area contributed by atoms with Gasteiger partial charge in [0, 0.05) is 21.1 Å². The van der Waals surface area contributed by atoms with Crippen LogP contribution in [0.1, 0.15) is 17.2 Å².